The van der Waals surface area contributed by atoms with Crippen molar-refractivity contribution in [2.24, 2.45) is 5.92 Å². The van der Waals surface area contributed by atoms with E-state index in [0.29, 0.717) is 12.5 Å². The molecule has 82 valence electrons. The van der Waals surface area contributed by atoms with Crippen LogP contribution in [-0.2, 0) is 9.47 Å². The van der Waals surface area contributed by atoms with Crippen LogP contribution in [0.5, 0.6) is 0 Å². The van der Waals surface area contributed by atoms with Crippen LogP contribution >= 0.6 is 0 Å². The van der Waals surface area contributed by atoms with Crippen molar-refractivity contribution in [2.45, 2.75) is 44.3 Å². The molecule has 0 aromatic carbocycles. The Morgan fingerprint density at radius 1 is 1.21 bits per heavy atom. The maximum absolute atomic E-state index is 10.5. The highest BCUT2D eigenvalue weighted by molar-refractivity contribution is 4.91. The van der Waals surface area contributed by atoms with Gasteiger partial charge in [-0.15, -0.1) is 0 Å². The fourth-order valence-corrected chi connectivity index (χ4v) is 2.70. The van der Waals surface area contributed by atoms with E-state index < -0.39 is 5.60 Å². The van der Waals surface area contributed by atoms with E-state index in [0.717, 1.165) is 38.9 Å². The molecule has 2 heterocycles. The topological polar surface area (TPSA) is 38.7 Å². The number of hydrogen-bond donors (Lipinski definition) is 1. The van der Waals surface area contributed by atoms with E-state index in [9.17, 15) is 5.11 Å². The summed E-state index contributed by atoms with van der Waals surface area (Å²) in [5.74, 6) is 0.419. The van der Waals surface area contributed by atoms with Crippen LogP contribution < -0.4 is 0 Å². The third kappa shape index (κ3) is 2.10. The van der Waals surface area contributed by atoms with Gasteiger partial charge in [-0.3, -0.25) is 0 Å². The first-order valence-corrected chi connectivity index (χ1v) is 5.62. The van der Waals surface area contributed by atoms with Crippen LogP contribution in [0.4, 0.5) is 0 Å². The van der Waals surface area contributed by atoms with Crippen molar-refractivity contribution in [3.63, 3.8) is 0 Å². The number of ether oxygens (including phenoxy) is 2. The lowest BCUT2D eigenvalue weighted by Crippen LogP contribution is -2.47. The van der Waals surface area contributed by atoms with Gasteiger partial charge in [0.15, 0.2) is 0 Å². The zero-order valence-corrected chi connectivity index (χ0v) is 8.87. The molecule has 2 saturated heterocycles. The molecular weight excluding hydrogens is 180 g/mol. The Kier molecular flexibility index (Phi) is 3.10. The minimum absolute atomic E-state index is 0.205. The van der Waals surface area contributed by atoms with Crippen molar-refractivity contribution in [1.29, 1.82) is 0 Å². The van der Waals surface area contributed by atoms with Crippen LogP contribution in [0.25, 0.3) is 0 Å². The maximum atomic E-state index is 10.5. The monoisotopic (exact) mass is 200 g/mol. The zero-order valence-electron chi connectivity index (χ0n) is 8.87. The first-order chi connectivity index (χ1) is 6.71. The summed E-state index contributed by atoms with van der Waals surface area (Å²) in [6.07, 6.45) is 3.79. The fraction of sp³-hybridized carbons (Fsp3) is 1.00. The second-order valence-electron chi connectivity index (χ2n) is 4.63. The lowest BCUT2D eigenvalue weighted by molar-refractivity contribution is -0.143. The standard InChI is InChI=1S/C11H20O3/c1-9-8-11(12,4-7-14-9)10-2-5-13-6-3-10/h9-10,12H,2-8H2,1H3. The first-order valence-electron chi connectivity index (χ1n) is 5.62. The third-order valence-corrected chi connectivity index (χ3v) is 3.56. The van der Waals surface area contributed by atoms with Crippen LogP contribution in [-0.4, -0.2) is 36.6 Å². The van der Waals surface area contributed by atoms with Gasteiger partial charge >= 0.3 is 0 Å². The summed E-state index contributed by atoms with van der Waals surface area (Å²) in [5.41, 5.74) is -0.485. The predicted molar refractivity (Wildman–Crippen MR) is 53.1 cm³/mol. The lowest BCUT2D eigenvalue weighted by atomic mass is 9.75. The van der Waals surface area contributed by atoms with Gasteiger partial charge in [0, 0.05) is 26.2 Å². The molecule has 1 N–H and O–H groups in total. The SMILES string of the molecule is CC1CC(O)(C2CCOCC2)CCO1. The second-order valence-corrected chi connectivity index (χ2v) is 4.63. The summed E-state index contributed by atoms with van der Waals surface area (Å²) in [5, 5.41) is 10.5. The van der Waals surface area contributed by atoms with E-state index >= 15 is 0 Å². The van der Waals surface area contributed by atoms with Gasteiger partial charge in [-0.25, -0.2) is 0 Å². The first kappa shape index (κ1) is 10.4. The zero-order chi connectivity index (χ0) is 10.0. The Balaban J connectivity index is 1.98. The van der Waals surface area contributed by atoms with Crippen molar-refractivity contribution in [3.8, 4) is 0 Å². The molecule has 14 heavy (non-hydrogen) atoms. The van der Waals surface area contributed by atoms with Gasteiger partial charge in [0.25, 0.3) is 0 Å². The molecule has 2 aliphatic heterocycles. The Bertz CT molecular complexity index is 189. The van der Waals surface area contributed by atoms with E-state index in [4.69, 9.17) is 9.47 Å². The van der Waals surface area contributed by atoms with Crippen molar-refractivity contribution >= 4 is 0 Å². The van der Waals surface area contributed by atoms with Gasteiger partial charge < -0.3 is 14.6 Å². The number of hydrogen-bond acceptors (Lipinski definition) is 3. The van der Waals surface area contributed by atoms with Gasteiger partial charge in [-0.05, 0) is 32.1 Å². The lowest BCUT2D eigenvalue weighted by Gasteiger charge is -2.43. The van der Waals surface area contributed by atoms with E-state index in [-0.39, 0.29) is 6.10 Å². The molecule has 2 fully saturated rings. The quantitative estimate of drug-likeness (QED) is 0.694. The third-order valence-electron chi connectivity index (χ3n) is 3.56. The Labute approximate surface area is 85.4 Å². The minimum atomic E-state index is -0.485. The van der Waals surface area contributed by atoms with Crippen molar-refractivity contribution < 1.29 is 14.6 Å². The largest absolute Gasteiger partial charge is 0.389 e. The highest BCUT2D eigenvalue weighted by Gasteiger charge is 2.40. The summed E-state index contributed by atoms with van der Waals surface area (Å²) in [6.45, 7) is 4.36. The molecule has 0 bridgehead atoms. The molecule has 2 rings (SSSR count). The van der Waals surface area contributed by atoms with Gasteiger partial charge in [0.2, 0.25) is 0 Å². The minimum Gasteiger partial charge on any atom is -0.389 e. The van der Waals surface area contributed by atoms with Crippen LogP contribution in [0, 0.1) is 5.92 Å². The molecule has 2 atom stereocenters. The molecule has 0 aromatic rings. The summed E-state index contributed by atoms with van der Waals surface area (Å²) < 4.78 is 10.8. The molecule has 2 unspecified atom stereocenters. The van der Waals surface area contributed by atoms with Gasteiger partial charge in [0.1, 0.15) is 0 Å². The Morgan fingerprint density at radius 2 is 1.93 bits per heavy atom. The highest BCUT2D eigenvalue weighted by Crippen LogP contribution is 2.36. The summed E-state index contributed by atoms with van der Waals surface area (Å²) in [6, 6.07) is 0. The van der Waals surface area contributed by atoms with Crippen LogP contribution in [0.3, 0.4) is 0 Å². The molecule has 0 aliphatic carbocycles. The fourth-order valence-electron chi connectivity index (χ4n) is 2.70. The average molecular weight is 200 g/mol. The number of aliphatic hydroxyl groups is 1. The molecule has 0 aromatic heterocycles. The van der Waals surface area contributed by atoms with E-state index in [1.54, 1.807) is 0 Å². The van der Waals surface area contributed by atoms with Gasteiger partial charge in [0.05, 0.1) is 11.7 Å². The van der Waals surface area contributed by atoms with Gasteiger partial charge in [-0.1, -0.05) is 0 Å². The molecule has 0 radical (unpaired) electrons. The van der Waals surface area contributed by atoms with Crippen LogP contribution in [0.1, 0.15) is 32.6 Å². The second kappa shape index (κ2) is 4.17. The van der Waals surface area contributed by atoms with E-state index in [1.165, 1.54) is 0 Å². The highest BCUT2D eigenvalue weighted by atomic mass is 16.5. The Morgan fingerprint density at radius 3 is 2.57 bits per heavy atom. The summed E-state index contributed by atoms with van der Waals surface area (Å²) >= 11 is 0. The van der Waals surface area contributed by atoms with E-state index in [1.807, 2.05) is 6.92 Å². The van der Waals surface area contributed by atoms with Crippen LogP contribution in [0.2, 0.25) is 0 Å². The molecular formula is C11H20O3. The Hall–Kier alpha value is -0.120. The molecule has 0 amide bonds. The van der Waals surface area contributed by atoms with Crippen molar-refractivity contribution in [2.75, 3.05) is 19.8 Å². The van der Waals surface area contributed by atoms with E-state index in [2.05, 4.69) is 0 Å². The van der Waals surface area contributed by atoms with Crippen molar-refractivity contribution in [1.82, 2.24) is 0 Å². The molecule has 3 nitrogen and oxygen atoms in total. The average Bonchev–Trinajstić information content (AvgIpc) is 2.19. The molecule has 0 saturated carbocycles. The molecule has 2 aliphatic rings. The predicted octanol–water partition coefficient (Wildman–Crippen LogP) is 1.34. The molecule has 3 heteroatoms. The van der Waals surface area contributed by atoms with Gasteiger partial charge in [-0.2, -0.15) is 0 Å². The maximum Gasteiger partial charge on any atom is 0.0724 e. The number of rotatable bonds is 1. The summed E-state index contributed by atoms with van der Waals surface area (Å²) in [7, 11) is 0. The van der Waals surface area contributed by atoms with Crippen molar-refractivity contribution in [3.05, 3.63) is 0 Å². The normalized spacial score (nSPS) is 41.1. The van der Waals surface area contributed by atoms with Crippen LogP contribution in [0.15, 0.2) is 0 Å². The smallest absolute Gasteiger partial charge is 0.0724 e. The molecule has 0 spiro atoms. The summed E-state index contributed by atoms with van der Waals surface area (Å²) in [4.78, 5) is 0.